The molecule has 0 unspecified atom stereocenters. The van der Waals surface area contributed by atoms with Crippen molar-refractivity contribution in [1.29, 1.82) is 0 Å². The van der Waals surface area contributed by atoms with Gasteiger partial charge in [-0.3, -0.25) is 19.4 Å². The highest BCUT2D eigenvalue weighted by molar-refractivity contribution is 5.48. The Morgan fingerprint density at radius 1 is 0.756 bits per heavy atom. The Bertz CT molecular complexity index is 1960. The topological polar surface area (TPSA) is 64.7 Å². The molecule has 0 aliphatic heterocycles. The maximum atomic E-state index is 14.4. The molecule has 4 aliphatic rings. The summed E-state index contributed by atoms with van der Waals surface area (Å²) in [5.41, 5.74) is 4.66. The van der Waals surface area contributed by atoms with Crippen LogP contribution in [0.1, 0.15) is 115 Å². The SMILES string of the molecule is CC1(C)[C@@H]2CC[C@@]1(C)c1[nH]n(-c3ccccc3F)c(=O)c12.CCCn1c2c(c(=O)n1-c1ccccc1F)[C@H]1CC[C@]2(C)C1(C)C. The molecule has 2 aromatic carbocycles. The minimum atomic E-state index is -0.378. The van der Waals surface area contributed by atoms with Gasteiger partial charge < -0.3 is 0 Å². The van der Waals surface area contributed by atoms with E-state index in [0.717, 1.165) is 61.2 Å². The molecule has 0 spiro atoms. The fourth-order valence-corrected chi connectivity index (χ4v) is 9.63. The standard InChI is InChI=1S/C20H25FN2O.C17H19FN2O/c1-5-12-22-17-16(13-10-11-20(17,4)19(13,2)3)18(24)23(22)15-9-7-6-8-14(15)21;1-16(2)10-8-9-17(16,3)14-13(10)15(21)20(19-14)12-7-5-4-6-11(12)18/h6-9,13H,5,10-12H2,1-4H3;4-7,10,19H,8-9H2,1-3H3/t13-,20+;10-,17+/m11/s1. The van der Waals surface area contributed by atoms with E-state index in [-0.39, 0.29) is 56.2 Å². The van der Waals surface area contributed by atoms with Gasteiger partial charge in [0.1, 0.15) is 23.0 Å². The molecule has 4 aliphatic carbocycles. The van der Waals surface area contributed by atoms with Crippen molar-refractivity contribution in [3.63, 3.8) is 0 Å². The van der Waals surface area contributed by atoms with Crippen molar-refractivity contribution in [2.45, 2.75) is 110 Å². The van der Waals surface area contributed by atoms with Crippen LogP contribution in [0.4, 0.5) is 8.78 Å². The number of nitrogens with zero attached hydrogens (tertiary/aromatic N) is 3. The van der Waals surface area contributed by atoms with Gasteiger partial charge in [-0.25, -0.2) is 18.1 Å². The zero-order valence-electron chi connectivity index (χ0n) is 27.4. The predicted molar refractivity (Wildman–Crippen MR) is 173 cm³/mol. The third-order valence-corrected chi connectivity index (χ3v) is 12.9. The first-order valence-electron chi connectivity index (χ1n) is 16.4. The molecular weight excluding hydrogens is 570 g/mol. The quantitative estimate of drug-likeness (QED) is 0.255. The predicted octanol–water partition coefficient (Wildman–Crippen LogP) is 7.84. The summed E-state index contributed by atoms with van der Waals surface area (Å²) in [6, 6.07) is 13.0. The van der Waals surface area contributed by atoms with Crippen LogP contribution in [0, 0.1) is 22.5 Å². The maximum Gasteiger partial charge on any atom is 0.275 e. The van der Waals surface area contributed by atoms with E-state index >= 15 is 0 Å². The fraction of sp³-hybridized carbons (Fsp3) is 0.514. The van der Waals surface area contributed by atoms with E-state index in [9.17, 15) is 18.4 Å². The highest BCUT2D eigenvalue weighted by Gasteiger charge is 2.63. The Labute approximate surface area is 263 Å². The van der Waals surface area contributed by atoms with Crippen molar-refractivity contribution in [1.82, 2.24) is 19.1 Å². The lowest BCUT2D eigenvalue weighted by molar-refractivity contribution is 0.215. The zero-order valence-corrected chi connectivity index (χ0v) is 27.4. The molecule has 2 aromatic heterocycles. The summed E-state index contributed by atoms with van der Waals surface area (Å²) in [6.07, 6.45) is 5.19. The molecule has 8 heteroatoms. The van der Waals surface area contributed by atoms with Crippen LogP contribution in [0.5, 0.6) is 0 Å². The number of hydrogen-bond donors (Lipinski definition) is 1. The second-order valence-corrected chi connectivity index (χ2v) is 15.2. The van der Waals surface area contributed by atoms with Crippen molar-refractivity contribution in [2.75, 3.05) is 0 Å². The summed E-state index contributed by atoms with van der Waals surface area (Å²) in [4.78, 5) is 26.1. The number of hydrogen-bond acceptors (Lipinski definition) is 2. The number of aromatic nitrogens is 4. The van der Waals surface area contributed by atoms with Crippen LogP contribution >= 0.6 is 0 Å². The monoisotopic (exact) mass is 614 g/mol. The third kappa shape index (κ3) is 3.65. The van der Waals surface area contributed by atoms with Gasteiger partial charge >= 0.3 is 0 Å². The Kier molecular flexibility index (Phi) is 6.44. The maximum absolute atomic E-state index is 14.4. The Morgan fingerprint density at radius 2 is 1.29 bits per heavy atom. The fourth-order valence-electron chi connectivity index (χ4n) is 9.63. The van der Waals surface area contributed by atoms with Gasteiger partial charge in [-0.1, -0.05) is 72.7 Å². The Hall–Kier alpha value is -3.68. The van der Waals surface area contributed by atoms with E-state index in [2.05, 4.69) is 58.2 Å². The minimum absolute atomic E-state index is 0.0160. The van der Waals surface area contributed by atoms with Gasteiger partial charge in [0.25, 0.3) is 11.1 Å². The highest BCUT2D eigenvalue weighted by atomic mass is 19.1. The molecule has 2 heterocycles. The molecule has 6 nitrogen and oxygen atoms in total. The normalized spacial score (nSPS) is 27.8. The molecule has 4 atom stereocenters. The van der Waals surface area contributed by atoms with E-state index in [1.165, 1.54) is 16.8 Å². The number of H-pyrrole nitrogens is 1. The van der Waals surface area contributed by atoms with Gasteiger partial charge in [0.15, 0.2) is 0 Å². The Balaban J connectivity index is 0.000000146. The number of aromatic amines is 1. The molecule has 0 amide bonds. The average Bonchev–Trinajstić information content (AvgIpc) is 3.71. The van der Waals surface area contributed by atoms with Crippen LogP contribution in [0.15, 0.2) is 58.1 Å². The molecule has 2 fully saturated rings. The number of halogens is 2. The molecule has 4 bridgehead atoms. The second-order valence-electron chi connectivity index (χ2n) is 15.2. The van der Waals surface area contributed by atoms with Gasteiger partial charge in [-0.05, 0) is 79.0 Å². The summed E-state index contributed by atoms with van der Waals surface area (Å²) < 4.78 is 33.5. The minimum Gasteiger partial charge on any atom is -0.294 e. The summed E-state index contributed by atoms with van der Waals surface area (Å²) in [6.45, 7) is 16.4. The van der Waals surface area contributed by atoms with Gasteiger partial charge in [0, 0.05) is 34.2 Å². The number of nitrogens with one attached hydrogen (secondary N) is 1. The molecule has 238 valence electrons. The summed E-state index contributed by atoms with van der Waals surface area (Å²) in [7, 11) is 0. The van der Waals surface area contributed by atoms with Crippen LogP contribution in [0.2, 0.25) is 0 Å². The lowest BCUT2D eigenvalue weighted by Crippen LogP contribution is -2.36. The number of rotatable bonds is 4. The van der Waals surface area contributed by atoms with Gasteiger partial charge in [0.05, 0.1) is 5.69 Å². The van der Waals surface area contributed by atoms with Gasteiger partial charge in [-0.2, -0.15) is 0 Å². The molecule has 0 radical (unpaired) electrons. The first-order chi connectivity index (χ1) is 21.2. The van der Waals surface area contributed by atoms with Crippen LogP contribution in [0.3, 0.4) is 0 Å². The van der Waals surface area contributed by atoms with Crippen molar-refractivity contribution in [2.24, 2.45) is 10.8 Å². The number of benzene rings is 2. The largest absolute Gasteiger partial charge is 0.294 e. The zero-order chi connectivity index (χ0) is 32.3. The van der Waals surface area contributed by atoms with Crippen molar-refractivity contribution >= 4 is 0 Å². The van der Waals surface area contributed by atoms with E-state index in [0.29, 0.717) is 11.4 Å². The van der Waals surface area contributed by atoms with E-state index in [4.69, 9.17) is 0 Å². The summed E-state index contributed by atoms with van der Waals surface area (Å²) in [5, 5.41) is 3.21. The first-order valence-corrected chi connectivity index (χ1v) is 16.4. The van der Waals surface area contributed by atoms with Crippen LogP contribution in [0.25, 0.3) is 11.4 Å². The molecular formula is C37H44F2N4O2. The van der Waals surface area contributed by atoms with Crippen molar-refractivity contribution in [3.05, 3.63) is 103 Å². The second kappa shape index (κ2) is 9.66. The van der Waals surface area contributed by atoms with Gasteiger partial charge in [-0.15, -0.1) is 0 Å². The van der Waals surface area contributed by atoms with E-state index < -0.39 is 0 Å². The van der Waals surface area contributed by atoms with Crippen molar-refractivity contribution in [3.8, 4) is 11.4 Å². The van der Waals surface area contributed by atoms with Crippen LogP contribution in [-0.2, 0) is 17.4 Å². The molecule has 0 saturated heterocycles. The smallest absolute Gasteiger partial charge is 0.275 e. The third-order valence-electron chi connectivity index (χ3n) is 12.9. The lowest BCUT2D eigenvalue weighted by atomic mass is 9.70. The summed E-state index contributed by atoms with van der Waals surface area (Å²) >= 11 is 0. The average molecular weight is 615 g/mol. The Morgan fingerprint density at radius 3 is 1.87 bits per heavy atom. The molecule has 1 N–H and O–H groups in total. The van der Waals surface area contributed by atoms with E-state index in [1.807, 2.05) is 0 Å². The number of fused-ring (bicyclic) bond motifs is 10. The molecule has 2 saturated carbocycles. The van der Waals surface area contributed by atoms with Gasteiger partial charge in [0.2, 0.25) is 0 Å². The lowest BCUT2D eigenvalue weighted by Gasteiger charge is -2.36. The van der Waals surface area contributed by atoms with E-state index in [1.54, 1.807) is 41.1 Å². The van der Waals surface area contributed by atoms with Crippen molar-refractivity contribution < 1.29 is 8.78 Å². The molecule has 4 aromatic rings. The highest BCUT2D eigenvalue weighted by Crippen LogP contribution is 2.68. The summed E-state index contributed by atoms with van der Waals surface area (Å²) in [5.74, 6) is -0.170. The van der Waals surface area contributed by atoms with Crippen LogP contribution < -0.4 is 11.1 Å². The molecule has 45 heavy (non-hydrogen) atoms. The number of para-hydroxylation sites is 2. The van der Waals surface area contributed by atoms with Crippen LogP contribution in [-0.4, -0.2) is 19.1 Å². The first kappa shape index (κ1) is 30.0. The molecule has 8 rings (SSSR count).